The van der Waals surface area contributed by atoms with Crippen molar-refractivity contribution in [3.63, 3.8) is 0 Å². The Morgan fingerprint density at radius 1 is 1.47 bits per heavy atom. The minimum atomic E-state index is -0.667. The molecule has 0 saturated carbocycles. The van der Waals surface area contributed by atoms with Crippen LogP contribution in [0.3, 0.4) is 0 Å². The van der Waals surface area contributed by atoms with E-state index >= 15 is 0 Å². The van der Waals surface area contributed by atoms with Gasteiger partial charge < -0.3 is 5.32 Å². The van der Waals surface area contributed by atoms with Gasteiger partial charge in [-0.15, -0.1) is 0 Å². The molecule has 0 aromatic heterocycles. The largest absolute Gasteiger partial charge is 0.326 e. The van der Waals surface area contributed by atoms with Gasteiger partial charge in [0.2, 0.25) is 5.91 Å². The fourth-order valence-corrected chi connectivity index (χ4v) is 1.38. The number of hydrogen-bond donors (Lipinski definition) is 1. The Morgan fingerprint density at radius 2 is 2.07 bits per heavy atom. The van der Waals surface area contributed by atoms with E-state index in [0.29, 0.717) is 0 Å². The highest BCUT2D eigenvalue weighted by Gasteiger charge is 2.17. The Balaban J connectivity index is 3.23. The molecule has 5 nitrogen and oxygen atoms in total. The number of nitrogens with one attached hydrogen (secondary N) is 1. The highest BCUT2D eigenvalue weighted by Crippen LogP contribution is 2.34. The molecule has 80 valence electrons. The maximum absolute atomic E-state index is 10.7. The third-order valence-corrected chi connectivity index (χ3v) is 2.32. The van der Waals surface area contributed by atoms with Crippen molar-refractivity contribution < 1.29 is 9.72 Å². The Hall–Kier alpha value is -1.33. The van der Waals surface area contributed by atoms with Crippen molar-refractivity contribution in [3.05, 3.63) is 32.3 Å². The number of nitro benzene ring substituents is 1. The normalized spacial score (nSPS) is 9.80. The van der Waals surface area contributed by atoms with Gasteiger partial charge in [-0.2, -0.15) is 0 Å². The van der Waals surface area contributed by atoms with Crippen LogP contribution in [-0.4, -0.2) is 10.8 Å². The lowest BCUT2D eigenvalue weighted by Crippen LogP contribution is -2.06. The summed E-state index contributed by atoms with van der Waals surface area (Å²) in [6, 6.07) is 2.49. The van der Waals surface area contributed by atoms with Crippen LogP contribution >= 0.6 is 23.2 Å². The number of benzene rings is 1. The molecule has 7 heteroatoms. The Kier molecular flexibility index (Phi) is 3.49. The Morgan fingerprint density at radius 3 is 2.53 bits per heavy atom. The fourth-order valence-electron chi connectivity index (χ4n) is 0.983. The van der Waals surface area contributed by atoms with Crippen molar-refractivity contribution in [2.24, 2.45) is 0 Å². The summed E-state index contributed by atoms with van der Waals surface area (Å²) in [5.74, 6) is -0.345. The molecular formula is C8H6Cl2N2O3. The second kappa shape index (κ2) is 4.46. The van der Waals surface area contributed by atoms with Crippen molar-refractivity contribution in [1.29, 1.82) is 0 Å². The maximum Gasteiger partial charge on any atom is 0.291 e. The van der Waals surface area contributed by atoms with Gasteiger partial charge in [-0.25, -0.2) is 0 Å². The molecule has 0 aliphatic carbocycles. The van der Waals surface area contributed by atoms with Crippen LogP contribution in [0, 0.1) is 10.1 Å². The lowest BCUT2D eigenvalue weighted by molar-refractivity contribution is -0.384. The zero-order valence-electron chi connectivity index (χ0n) is 7.58. The number of nitrogens with zero attached hydrogens (tertiary/aromatic N) is 1. The molecule has 0 aliphatic heterocycles. The average molecular weight is 249 g/mol. The molecule has 0 bridgehead atoms. The summed E-state index contributed by atoms with van der Waals surface area (Å²) < 4.78 is 0. The monoisotopic (exact) mass is 248 g/mol. The van der Waals surface area contributed by atoms with Gasteiger partial charge in [-0.05, 0) is 6.07 Å². The molecule has 0 spiro atoms. The average Bonchev–Trinajstić information content (AvgIpc) is 2.09. The molecule has 1 N–H and O–H groups in total. The second-order valence-corrected chi connectivity index (χ2v) is 3.51. The van der Waals surface area contributed by atoms with Crippen molar-refractivity contribution >= 4 is 40.5 Å². The highest BCUT2D eigenvalue weighted by atomic mass is 35.5. The van der Waals surface area contributed by atoms with E-state index in [0.717, 1.165) is 6.07 Å². The molecule has 1 aromatic rings. The number of hydrogen-bond acceptors (Lipinski definition) is 3. The quantitative estimate of drug-likeness (QED) is 0.646. The van der Waals surface area contributed by atoms with E-state index in [2.05, 4.69) is 5.32 Å². The number of amides is 1. The first kappa shape index (κ1) is 11.7. The van der Waals surface area contributed by atoms with Crippen LogP contribution in [0.2, 0.25) is 10.0 Å². The van der Waals surface area contributed by atoms with Gasteiger partial charge in [-0.1, -0.05) is 23.2 Å². The predicted octanol–water partition coefficient (Wildman–Crippen LogP) is 2.86. The van der Waals surface area contributed by atoms with Gasteiger partial charge in [0.05, 0.1) is 9.95 Å². The summed E-state index contributed by atoms with van der Waals surface area (Å²) in [6.07, 6.45) is 0. The van der Waals surface area contributed by atoms with E-state index in [4.69, 9.17) is 23.2 Å². The molecule has 0 fully saturated rings. The molecule has 1 amide bonds. The van der Waals surface area contributed by atoms with E-state index in [1.54, 1.807) is 0 Å². The standard InChI is InChI=1S/C8H6Cl2N2O3/c1-4(13)11-5-2-6(9)8(10)7(3-5)12(14)15/h2-3H,1H3,(H,11,13). The number of carbonyl (C=O) groups excluding carboxylic acids is 1. The van der Waals surface area contributed by atoms with Crippen LogP contribution in [0.15, 0.2) is 12.1 Å². The van der Waals surface area contributed by atoms with Crippen LogP contribution < -0.4 is 5.32 Å². The zero-order valence-corrected chi connectivity index (χ0v) is 9.09. The number of nitro groups is 1. The van der Waals surface area contributed by atoms with Gasteiger partial charge in [0.1, 0.15) is 5.02 Å². The van der Waals surface area contributed by atoms with Crippen molar-refractivity contribution in [2.45, 2.75) is 6.92 Å². The maximum atomic E-state index is 10.7. The number of carbonyl (C=O) groups is 1. The molecule has 0 unspecified atom stereocenters. The number of rotatable bonds is 2. The van der Waals surface area contributed by atoms with Gasteiger partial charge in [0.25, 0.3) is 5.69 Å². The zero-order chi connectivity index (χ0) is 11.6. The molecule has 1 rings (SSSR count). The van der Waals surface area contributed by atoms with E-state index in [1.807, 2.05) is 0 Å². The van der Waals surface area contributed by atoms with Crippen molar-refractivity contribution in [2.75, 3.05) is 5.32 Å². The van der Waals surface area contributed by atoms with E-state index in [1.165, 1.54) is 13.0 Å². The SMILES string of the molecule is CC(=O)Nc1cc(Cl)c(Cl)c([N+](=O)[O-])c1. The molecule has 1 aromatic carbocycles. The van der Waals surface area contributed by atoms with Gasteiger partial charge in [-0.3, -0.25) is 14.9 Å². The van der Waals surface area contributed by atoms with Gasteiger partial charge >= 0.3 is 0 Å². The first-order valence-electron chi connectivity index (χ1n) is 3.83. The van der Waals surface area contributed by atoms with Crippen LogP contribution in [-0.2, 0) is 4.79 Å². The molecular weight excluding hydrogens is 243 g/mol. The predicted molar refractivity (Wildman–Crippen MR) is 57.4 cm³/mol. The van der Waals surface area contributed by atoms with Crippen LogP contribution in [0.1, 0.15) is 6.92 Å². The summed E-state index contributed by atoms with van der Waals surface area (Å²) in [4.78, 5) is 20.6. The summed E-state index contributed by atoms with van der Waals surface area (Å²) in [5, 5.41) is 12.8. The molecule has 0 radical (unpaired) electrons. The van der Waals surface area contributed by atoms with Crippen molar-refractivity contribution in [1.82, 2.24) is 0 Å². The molecule has 0 heterocycles. The number of anilines is 1. The fraction of sp³-hybridized carbons (Fsp3) is 0.125. The van der Waals surface area contributed by atoms with Gasteiger partial charge in [0.15, 0.2) is 0 Å². The lowest BCUT2D eigenvalue weighted by atomic mass is 10.2. The van der Waals surface area contributed by atoms with Gasteiger partial charge in [0, 0.05) is 18.7 Å². The smallest absolute Gasteiger partial charge is 0.291 e. The summed E-state index contributed by atoms with van der Waals surface area (Å²) in [7, 11) is 0. The Bertz CT molecular complexity index is 434. The summed E-state index contributed by atoms with van der Waals surface area (Å²) in [5.41, 5.74) is -0.100. The van der Waals surface area contributed by atoms with Crippen LogP contribution in [0.25, 0.3) is 0 Å². The van der Waals surface area contributed by atoms with E-state index in [9.17, 15) is 14.9 Å². The molecule has 0 saturated heterocycles. The molecule has 15 heavy (non-hydrogen) atoms. The topological polar surface area (TPSA) is 72.2 Å². The summed E-state index contributed by atoms with van der Waals surface area (Å²) >= 11 is 11.3. The van der Waals surface area contributed by atoms with Crippen LogP contribution in [0.5, 0.6) is 0 Å². The first-order valence-corrected chi connectivity index (χ1v) is 4.58. The Labute approximate surface area is 95.1 Å². The van der Waals surface area contributed by atoms with E-state index in [-0.39, 0.29) is 27.3 Å². The van der Waals surface area contributed by atoms with Crippen molar-refractivity contribution in [3.8, 4) is 0 Å². The first-order chi connectivity index (χ1) is 6.91. The second-order valence-electron chi connectivity index (χ2n) is 2.73. The van der Waals surface area contributed by atoms with Crippen LogP contribution in [0.4, 0.5) is 11.4 Å². The minimum absolute atomic E-state index is 0.0228. The van der Waals surface area contributed by atoms with E-state index < -0.39 is 4.92 Å². The molecule has 0 atom stereocenters. The minimum Gasteiger partial charge on any atom is -0.326 e. The third-order valence-electron chi connectivity index (χ3n) is 1.53. The third kappa shape index (κ3) is 2.81. The highest BCUT2D eigenvalue weighted by molar-refractivity contribution is 6.43. The number of halogens is 2. The lowest BCUT2D eigenvalue weighted by Gasteiger charge is -2.04. The molecule has 0 aliphatic rings. The summed E-state index contributed by atoms with van der Waals surface area (Å²) in [6.45, 7) is 1.29.